The predicted molar refractivity (Wildman–Crippen MR) is 37.6 cm³/mol. The van der Waals surface area contributed by atoms with E-state index in [0.717, 1.165) is 0 Å². The van der Waals surface area contributed by atoms with Crippen LogP contribution < -0.4 is 0 Å². The Kier molecular flexibility index (Phi) is 3.87. The van der Waals surface area contributed by atoms with Gasteiger partial charge in [-0.05, 0) is 12.5 Å². The molecule has 0 atom stereocenters. The summed E-state index contributed by atoms with van der Waals surface area (Å²) >= 11 is 0. The average Bonchev–Trinajstić information content (AvgIpc) is 1.86. The number of carboxylic acids is 1. The summed E-state index contributed by atoms with van der Waals surface area (Å²) in [5.41, 5.74) is -0.250. The Morgan fingerprint density at radius 3 is 2.55 bits per heavy atom. The lowest BCUT2D eigenvalue weighted by Crippen LogP contribution is -2.05. The van der Waals surface area contributed by atoms with Crippen LogP contribution in [0.1, 0.15) is 19.8 Å². The van der Waals surface area contributed by atoms with Gasteiger partial charge in [-0.3, -0.25) is 14.9 Å². The first kappa shape index (κ1) is 9.61. The van der Waals surface area contributed by atoms with Gasteiger partial charge in [0.25, 0.3) is 5.70 Å². The molecule has 0 saturated heterocycles. The van der Waals surface area contributed by atoms with Crippen molar-refractivity contribution in [2.75, 3.05) is 0 Å². The van der Waals surface area contributed by atoms with Gasteiger partial charge < -0.3 is 5.11 Å². The highest BCUT2D eigenvalue weighted by molar-refractivity contribution is 5.69. The molecule has 0 unspecified atom stereocenters. The smallest absolute Gasteiger partial charge is 0.314 e. The summed E-state index contributed by atoms with van der Waals surface area (Å²) in [5.74, 6) is -1.18. The van der Waals surface area contributed by atoms with Crippen molar-refractivity contribution in [1.29, 1.82) is 0 Å². The maximum atomic E-state index is 10.1. The fourth-order valence-electron chi connectivity index (χ4n) is 0.602. The van der Waals surface area contributed by atoms with E-state index in [4.69, 9.17) is 5.11 Å². The van der Waals surface area contributed by atoms with Gasteiger partial charge in [-0.25, -0.2) is 0 Å². The summed E-state index contributed by atoms with van der Waals surface area (Å²) in [6.07, 6.45) is 1.26. The third kappa shape index (κ3) is 4.07. The number of hydrogen-bond donors (Lipinski definition) is 1. The van der Waals surface area contributed by atoms with Crippen molar-refractivity contribution in [3.8, 4) is 0 Å². The molecule has 0 aliphatic rings. The molecule has 0 amide bonds. The Morgan fingerprint density at radius 2 is 2.27 bits per heavy atom. The molecule has 0 spiro atoms. The van der Waals surface area contributed by atoms with Crippen molar-refractivity contribution in [3.05, 3.63) is 21.9 Å². The van der Waals surface area contributed by atoms with E-state index in [2.05, 4.69) is 0 Å². The lowest BCUT2D eigenvalue weighted by molar-refractivity contribution is -0.427. The molecule has 0 aliphatic carbocycles. The molecule has 0 aromatic heterocycles. The third-order valence-corrected chi connectivity index (χ3v) is 1.01. The first-order chi connectivity index (χ1) is 5.07. The van der Waals surface area contributed by atoms with Gasteiger partial charge in [0.05, 0.1) is 4.92 Å². The van der Waals surface area contributed by atoms with Gasteiger partial charge in [0.1, 0.15) is 6.42 Å². The molecule has 11 heavy (non-hydrogen) atoms. The Morgan fingerprint density at radius 1 is 1.73 bits per heavy atom. The van der Waals surface area contributed by atoms with Crippen LogP contribution in [0.3, 0.4) is 0 Å². The Balaban J connectivity index is 4.23. The van der Waals surface area contributed by atoms with E-state index in [9.17, 15) is 14.9 Å². The van der Waals surface area contributed by atoms with Gasteiger partial charge in [-0.15, -0.1) is 0 Å². The third-order valence-electron chi connectivity index (χ3n) is 1.01. The number of allylic oxidation sites excluding steroid dienone is 1. The second-order valence-electron chi connectivity index (χ2n) is 1.93. The molecule has 0 aliphatic heterocycles. The summed E-state index contributed by atoms with van der Waals surface area (Å²) in [5, 5.41) is 18.3. The number of hydrogen-bond acceptors (Lipinski definition) is 3. The average molecular weight is 159 g/mol. The highest BCUT2D eigenvalue weighted by Crippen LogP contribution is 2.02. The highest BCUT2D eigenvalue weighted by Gasteiger charge is 2.13. The van der Waals surface area contributed by atoms with Crippen molar-refractivity contribution in [1.82, 2.24) is 0 Å². The van der Waals surface area contributed by atoms with Crippen LogP contribution in [-0.2, 0) is 4.79 Å². The monoisotopic (exact) mass is 159 g/mol. The van der Waals surface area contributed by atoms with Crippen molar-refractivity contribution in [2.24, 2.45) is 0 Å². The molecule has 5 nitrogen and oxygen atoms in total. The molecule has 0 rings (SSSR count). The zero-order valence-corrected chi connectivity index (χ0v) is 6.11. The lowest BCUT2D eigenvalue weighted by atomic mass is 10.3. The number of carbonyl (C=O) groups is 1. The Bertz CT molecular complexity index is 197. The zero-order valence-electron chi connectivity index (χ0n) is 6.11. The van der Waals surface area contributed by atoms with Gasteiger partial charge in [0, 0.05) is 0 Å². The summed E-state index contributed by atoms with van der Waals surface area (Å²) in [6, 6.07) is 0. The molecule has 0 fully saturated rings. The number of nitrogens with zero attached hydrogens (tertiary/aromatic N) is 1. The standard InChI is InChI=1S/C6H9NO4/c1-2-3-5(7(10)11)4-6(8)9/h3H,2,4H2,1H3,(H,8,9). The van der Waals surface area contributed by atoms with Crippen LogP contribution >= 0.6 is 0 Å². The molecule has 0 aromatic carbocycles. The molecule has 0 aromatic rings. The maximum Gasteiger partial charge on any atom is 0.314 e. The van der Waals surface area contributed by atoms with E-state index in [0.29, 0.717) is 6.42 Å². The van der Waals surface area contributed by atoms with Crippen LogP contribution in [0.4, 0.5) is 0 Å². The molecule has 0 radical (unpaired) electrons. The van der Waals surface area contributed by atoms with E-state index >= 15 is 0 Å². The van der Waals surface area contributed by atoms with Gasteiger partial charge >= 0.3 is 5.97 Å². The fraction of sp³-hybridized carbons (Fsp3) is 0.500. The zero-order chi connectivity index (χ0) is 8.85. The largest absolute Gasteiger partial charge is 0.481 e. The number of aliphatic carboxylic acids is 1. The minimum atomic E-state index is -1.18. The van der Waals surface area contributed by atoms with E-state index in [1.54, 1.807) is 6.92 Å². The van der Waals surface area contributed by atoms with Crippen LogP contribution in [0.25, 0.3) is 0 Å². The van der Waals surface area contributed by atoms with Crippen LogP contribution in [0.15, 0.2) is 11.8 Å². The maximum absolute atomic E-state index is 10.1. The molecule has 0 bridgehead atoms. The van der Waals surface area contributed by atoms with Crippen LogP contribution in [0, 0.1) is 10.1 Å². The lowest BCUT2D eigenvalue weighted by Gasteiger charge is -1.92. The summed E-state index contributed by atoms with van der Waals surface area (Å²) < 4.78 is 0. The molecule has 62 valence electrons. The van der Waals surface area contributed by atoms with Gasteiger partial charge in [-0.1, -0.05) is 6.92 Å². The summed E-state index contributed by atoms with van der Waals surface area (Å²) in [4.78, 5) is 19.5. The van der Waals surface area contributed by atoms with Crippen molar-refractivity contribution in [3.63, 3.8) is 0 Å². The molecule has 0 heterocycles. The van der Waals surface area contributed by atoms with Gasteiger partial charge in [0.15, 0.2) is 0 Å². The minimum absolute atomic E-state index is 0.250. The molecule has 1 N–H and O–H groups in total. The van der Waals surface area contributed by atoms with E-state index in [-0.39, 0.29) is 5.70 Å². The van der Waals surface area contributed by atoms with Gasteiger partial charge in [-0.2, -0.15) is 0 Å². The van der Waals surface area contributed by atoms with E-state index < -0.39 is 17.3 Å². The van der Waals surface area contributed by atoms with E-state index in [1.807, 2.05) is 0 Å². The van der Waals surface area contributed by atoms with Crippen LogP contribution in [-0.4, -0.2) is 16.0 Å². The molecular weight excluding hydrogens is 150 g/mol. The van der Waals surface area contributed by atoms with Crippen molar-refractivity contribution < 1.29 is 14.8 Å². The number of nitro groups is 1. The topological polar surface area (TPSA) is 80.4 Å². The molecule has 0 saturated carbocycles. The Labute approximate surface area is 63.5 Å². The normalized spacial score (nSPS) is 11.2. The number of rotatable bonds is 4. The Hall–Kier alpha value is -1.39. The van der Waals surface area contributed by atoms with E-state index in [1.165, 1.54) is 6.08 Å². The first-order valence-corrected chi connectivity index (χ1v) is 3.13. The SMILES string of the molecule is CCC=C(CC(=O)O)[N+](=O)[O-]. The molecular formula is C6H9NO4. The van der Waals surface area contributed by atoms with Crippen molar-refractivity contribution >= 4 is 5.97 Å². The predicted octanol–water partition coefficient (Wildman–Crippen LogP) is 1.03. The highest BCUT2D eigenvalue weighted by atomic mass is 16.6. The first-order valence-electron chi connectivity index (χ1n) is 3.13. The second-order valence-corrected chi connectivity index (χ2v) is 1.93. The quantitative estimate of drug-likeness (QED) is 0.490. The number of carboxylic acid groups (broad SMARTS) is 1. The molecule has 5 heteroatoms. The fourth-order valence-corrected chi connectivity index (χ4v) is 0.602. The summed E-state index contributed by atoms with van der Waals surface area (Å²) in [6.45, 7) is 1.71. The minimum Gasteiger partial charge on any atom is -0.481 e. The summed E-state index contributed by atoms with van der Waals surface area (Å²) in [7, 11) is 0. The van der Waals surface area contributed by atoms with Crippen LogP contribution in [0.5, 0.6) is 0 Å². The second kappa shape index (κ2) is 4.43. The van der Waals surface area contributed by atoms with Crippen molar-refractivity contribution in [2.45, 2.75) is 19.8 Å². The van der Waals surface area contributed by atoms with Gasteiger partial charge in [0.2, 0.25) is 0 Å². The van der Waals surface area contributed by atoms with Crippen LogP contribution in [0.2, 0.25) is 0 Å².